The Bertz CT molecular complexity index is 841. The summed E-state index contributed by atoms with van der Waals surface area (Å²) in [7, 11) is 0. The highest BCUT2D eigenvalue weighted by Gasteiger charge is 2.14. The van der Waals surface area contributed by atoms with Crippen LogP contribution in [0.15, 0.2) is 30.0 Å². The number of nitrogens with one attached hydrogen (secondary N) is 2. The minimum Gasteiger partial charge on any atom is -0.364 e. The average Bonchev–Trinajstić information content (AvgIpc) is 3.31. The first kappa shape index (κ1) is 18.3. The summed E-state index contributed by atoms with van der Waals surface area (Å²) in [6, 6.07) is 4.12. The highest BCUT2D eigenvalue weighted by molar-refractivity contribution is 7.09. The molecule has 0 unspecified atom stereocenters. The van der Waals surface area contributed by atoms with Crippen molar-refractivity contribution in [2.45, 2.75) is 39.8 Å². The number of hydrogen-bond acceptors (Lipinski definition) is 6. The molecule has 8 heteroatoms. The van der Waals surface area contributed by atoms with Crippen molar-refractivity contribution in [2.24, 2.45) is 5.92 Å². The van der Waals surface area contributed by atoms with Gasteiger partial charge in [0.25, 0.3) is 0 Å². The number of amides is 1. The van der Waals surface area contributed by atoms with Gasteiger partial charge in [0.1, 0.15) is 12.1 Å². The summed E-state index contributed by atoms with van der Waals surface area (Å²) in [5.74, 6) is 0.967. The van der Waals surface area contributed by atoms with Crippen LogP contribution in [-0.4, -0.2) is 32.2 Å². The van der Waals surface area contributed by atoms with Crippen LogP contribution in [-0.2, 0) is 17.9 Å². The van der Waals surface area contributed by atoms with Crippen LogP contribution in [0.2, 0.25) is 0 Å². The van der Waals surface area contributed by atoms with Gasteiger partial charge < -0.3 is 10.6 Å². The zero-order valence-electron chi connectivity index (χ0n) is 15.1. The van der Waals surface area contributed by atoms with Crippen LogP contribution in [0.4, 0.5) is 5.82 Å². The van der Waals surface area contributed by atoms with E-state index in [1.54, 1.807) is 28.5 Å². The Morgan fingerprint density at radius 2 is 2.15 bits per heavy atom. The molecule has 7 nitrogen and oxygen atoms in total. The Balaban J connectivity index is 1.63. The first-order valence-corrected chi connectivity index (χ1v) is 9.81. The maximum absolute atomic E-state index is 12.1. The molecule has 3 aromatic rings. The molecule has 0 aromatic carbocycles. The van der Waals surface area contributed by atoms with Crippen LogP contribution in [0.25, 0.3) is 11.0 Å². The SMILES string of the molecule is CCC(CC)C(=O)NCCn1ncc2c(NCc3cccs3)ncnc21. The molecular formula is C18H24N6OS. The van der Waals surface area contributed by atoms with Gasteiger partial charge in [-0.2, -0.15) is 5.10 Å². The lowest BCUT2D eigenvalue weighted by Gasteiger charge is -2.12. The molecular weight excluding hydrogens is 348 g/mol. The monoisotopic (exact) mass is 372 g/mol. The van der Waals surface area contributed by atoms with Crippen molar-refractivity contribution in [3.05, 3.63) is 34.9 Å². The molecule has 26 heavy (non-hydrogen) atoms. The van der Waals surface area contributed by atoms with Crippen molar-refractivity contribution in [2.75, 3.05) is 11.9 Å². The van der Waals surface area contributed by atoms with Gasteiger partial charge in [-0.3, -0.25) is 4.79 Å². The lowest BCUT2D eigenvalue weighted by Crippen LogP contribution is -2.32. The molecule has 138 valence electrons. The first-order valence-electron chi connectivity index (χ1n) is 8.93. The zero-order chi connectivity index (χ0) is 18.4. The van der Waals surface area contributed by atoms with E-state index in [9.17, 15) is 4.79 Å². The van der Waals surface area contributed by atoms with E-state index in [4.69, 9.17) is 0 Å². The Labute approximate surface area is 156 Å². The second-order valence-electron chi connectivity index (χ2n) is 6.06. The van der Waals surface area contributed by atoms with Crippen LogP contribution >= 0.6 is 11.3 Å². The van der Waals surface area contributed by atoms with Gasteiger partial charge in [-0.15, -0.1) is 11.3 Å². The van der Waals surface area contributed by atoms with Gasteiger partial charge in [-0.1, -0.05) is 19.9 Å². The molecule has 3 heterocycles. The largest absolute Gasteiger partial charge is 0.364 e. The highest BCUT2D eigenvalue weighted by atomic mass is 32.1. The Hall–Kier alpha value is -2.48. The molecule has 0 atom stereocenters. The summed E-state index contributed by atoms with van der Waals surface area (Å²) < 4.78 is 1.81. The molecule has 0 fully saturated rings. The highest BCUT2D eigenvalue weighted by Crippen LogP contribution is 2.20. The zero-order valence-corrected chi connectivity index (χ0v) is 15.9. The molecule has 2 N–H and O–H groups in total. The number of fused-ring (bicyclic) bond motifs is 1. The topological polar surface area (TPSA) is 84.7 Å². The minimum absolute atomic E-state index is 0.0831. The lowest BCUT2D eigenvalue weighted by atomic mass is 10.0. The van der Waals surface area contributed by atoms with Gasteiger partial charge in [-0.05, 0) is 24.3 Å². The van der Waals surface area contributed by atoms with Gasteiger partial charge in [0.05, 0.1) is 24.7 Å². The van der Waals surface area contributed by atoms with Crippen molar-refractivity contribution in [3.63, 3.8) is 0 Å². The van der Waals surface area contributed by atoms with Gasteiger partial charge in [0.15, 0.2) is 5.65 Å². The average molecular weight is 372 g/mol. The summed E-state index contributed by atoms with van der Waals surface area (Å²) in [6.45, 7) is 5.91. The standard InChI is InChI=1S/C18H24N6OS/c1-3-13(4-2)18(25)19-7-8-24-17-15(11-23-24)16(21-12-22-17)20-10-14-6-5-9-26-14/h5-6,9,11-13H,3-4,7-8,10H2,1-2H3,(H,19,25)(H,20,21,22). The number of carbonyl (C=O) groups excluding carboxylic acids is 1. The maximum atomic E-state index is 12.1. The van der Waals surface area contributed by atoms with Crippen LogP contribution in [0.3, 0.4) is 0 Å². The quantitative estimate of drug-likeness (QED) is 0.603. The number of rotatable bonds is 9. The van der Waals surface area contributed by atoms with E-state index in [0.29, 0.717) is 13.1 Å². The van der Waals surface area contributed by atoms with Crippen LogP contribution in [0.1, 0.15) is 31.6 Å². The summed E-state index contributed by atoms with van der Waals surface area (Å²) in [5.41, 5.74) is 0.769. The van der Waals surface area contributed by atoms with E-state index in [-0.39, 0.29) is 11.8 Å². The predicted octanol–water partition coefficient (Wildman–Crippen LogP) is 3.05. The van der Waals surface area contributed by atoms with Crippen LogP contribution in [0, 0.1) is 5.92 Å². The minimum atomic E-state index is 0.0831. The normalized spacial score (nSPS) is 11.2. The maximum Gasteiger partial charge on any atom is 0.223 e. The Morgan fingerprint density at radius 3 is 2.88 bits per heavy atom. The molecule has 0 aliphatic heterocycles. The molecule has 0 bridgehead atoms. The number of nitrogens with zero attached hydrogens (tertiary/aromatic N) is 4. The van der Waals surface area contributed by atoms with E-state index in [0.717, 1.165) is 36.2 Å². The summed E-state index contributed by atoms with van der Waals surface area (Å²) in [5, 5.41) is 13.7. The fraction of sp³-hybridized carbons (Fsp3) is 0.444. The van der Waals surface area contributed by atoms with Gasteiger partial charge in [0.2, 0.25) is 5.91 Å². The van der Waals surface area contributed by atoms with E-state index >= 15 is 0 Å². The van der Waals surface area contributed by atoms with Crippen LogP contribution < -0.4 is 10.6 Å². The van der Waals surface area contributed by atoms with E-state index in [1.165, 1.54) is 4.88 Å². The fourth-order valence-corrected chi connectivity index (χ4v) is 3.51. The third-order valence-corrected chi connectivity index (χ3v) is 5.30. The fourth-order valence-electron chi connectivity index (χ4n) is 2.87. The first-order chi connectivity index (χ1) is 12.7. The smallest absolute Gasteiger partial charge is 0.223 e. The molecule has 0 aliphatic carbocycles. The molecule has 1 amide bonds. The predicted molar refractivity (Wildman–Crippen MR) is 104 cm³/mol. The van der Waals surface area contributed by atoms with Crippen molar-refractivity contribution in [1.29, 1.82) is 0 Å². The van der Waals surface area contributed by atoms with Crippen molar-refractivity contribution in [1.82, 2.24) is 25.1 Å². The molecule has 0 saturated heterocycles. The summed E-state index contributed by atoms with van der Waals surface area (Å²) >= 11 is 1.71. The van der Waals surface area contributed by atoms with Gasteiger partial charge >= 0.3 is 0 Å². The Kier molecular flexibility index (Phi) is 6.17. The van der Waals surface area contributed by atoms with Crippen molar-refractivity contribution >= 4 is 34.1 Å². The molecule has 3 rings (SSSR count). The molecule has 0 aliphatic rings. The molecule has 0 radical (unpaired) electrons. The molecule has 3 aromatic heterocycles. The lowest BCUT2D eigenvalue weighted by molar-refractivity contribution is -0.125. The second kappa shape index (κ2) is 8.75. The van der Waals surface area contributed by atoms with Gasteiger partial charge in [-0.25, -0.2) is 14.6 Å². The molecule has 0 spiro atoms. The third kappa shape index (κ3) is 4.19. The number of anilines is 1. The number of aromatic nitrogens is 4. The Morgan fingerprint density at radius 1 is 1.31 bits per heavy atom. The van der Waals surface area contributed by atoms with Crippen molar-refractivity contribution < 1.29 is 4.79 Å². The van der Waals surface area contributed by atoms with Crippen molar-refractivity contribution in [3.8, 4) is 0 Å². The van der Waals surface area contributed by atoms with Gasteiger partial charge in [0, 0.05) is 17.3 Å². The van der Waals surface area contributed by atoms with E-state index < -0.39 is 0 Å². The van der Waals surface area contributed by atoms with Crippen LogP contribution in [0.5, 0.6) is 0 Å². The second-order valence-corrected chi connectivity index (χ2v) is 7.10. The summed E-state index contributed by atoms with van der Waals surface area (Å²) in [6.07, 6.45) is 5.04. The van der Waals surface area contributed by atoms with E-state index in [2.05, 4.69) is 37.1 Å². The third-order valence-electron chi connectivity index (χ3n) is 4.42. The molecule has 0 saturated carbocycles. The number of thiophene rings is 1. The number of hydrogen-bond donors (Lipinski definition) is 2. The summed E-state index contributed by atoms with van der Waals surface area (Å²) in [4.78, 5) is 22.0. The van der Waals surface area contributed by atoms with E-state index in [1.807, 2.05) is 19.9 Å². The number of carbonyl (C=O) groups is 1.